The van der Waals surface area contributed by atoms with Crippen molar-refractivity contribution in [3.05, 3.63) is 34.5 Å². The fourth-order valence-corrected chi connectivity index (χ4v) is 2.53. The monoisotopic (exact) mass is 265 g/mol. The second-order valence-electron chi connectivity index (χ2n) is 4.73. The molecule has 18 heavy (non-hydrogen) atoms. The van der Waals surface area contributed by atoms with Crippen LogP contribution in [0.2, 0.25) is 5.02 Å². The number of hydrogen-bond acceptors (Lipinski definition) is 2. The van der Waals surface area contributed by atoms with Crippen molar-refractivity contribution >= 4 is 22.6 Å². The average Bonchev–Trinajstić information content (AvgIpc) is 2.74. The topological polar surface area (TPSA) is 25.2 Å². The number of furan rings is 1. The Morgan fingerprint density at radius 1 is 1.28 bits per heavy atom. The van der Waals surface area contributed by atoms with Crippen LogP contribution in [0.15, 0.2) is 22.6 Å². The van der Waals surface area contributed by atoms with E-state index in [2.05, 4.69) is 31.3 Å². The molecule has 2 nitrogen and oxygen atoms in total. The number of rotatable bonds is 5. The molecule has 1 aromatic heterocycles. The van der Waals surface area contributed by atoms with Gasteiger partial charge in [-0.2, -0.15) is 0 Å². The summed E-state index contributed by atoms with van der Waals surface area (Å²) in [7, 11) is 0. The largest absolute Gasteiger partial charge is 0.458 e. The summed E-state index contributed by atoms with van der Waals surface area (Å²) in [5.74, 6) is 0.980. The van der Waals surface area contributed by atoms with Crippen molar-refractivity contribution in [3.8, 4) is 0 Å². The van der Waals surface area contributed by atoms with Crippen molar-refractivity contribution < 1.29 is 4.42 Å². The predicted molar refractivity (Wildman–Crippen MR) is 77.3 cm³/mol. The first-order valence-electron chi connectivity index (χ1n) is 6.58. The molecule has 1 unspecified atom stereocenters. The normalized spacial score (nSPS) is 13.1. The fraction of sp³-hybridized carbons (Fsp3) is 0.467. The van der Waals surface area contributed by atoms with E-state index in [9.17, 15) is 0 Å². The minimum absolute atomic E-state index is 0.272. The summed E-state index contributed by atoms with van der Waals surface area (Å²) in [4.78, 5) is 0. The number of fused-ring (bicyclic) bond motifs is 1. The van der Waals surface area contributed by atoms with Crippen LogP contribution in [0.1, 0.15) is 44.1 Å². The highest BCUT2D eigenvalue weighted by Gasteiger charge is 2.15. The molecular formula is C15H20ClNO. The zero-order valence-corrected chi connectivity index (χ0v) is 12.0. The average molecular weight is 266 g/mol. The standard InChI is InChI=1S/C15H20ClNO/c1-4-6-17-13(5-2)14-9-11-7-10(3)8-12(16)15(11)18-14/h7-9,13,17H,4-6H2,1-3H3. The van der Waals surface area contributed by atoms with Gasteiger partial charge in [-0.05, 0) is 50.1 Å². The molecule has 0 aliphatic heterocycles. The Hall–Kier alpha value is -0.990. The van der Waals surface area contributed by atoms with E-state index in [-0.39, 0.29) is 6.04 Å². The predicted octanol–water partition coefficient (Wildman–Crippen LogP) is 4.85. The maximum atomic E-state index is 6.21. The van der Waals surface area contributed by atoms with Crippen LogP contribution in [0.5, 0.6) is 0 Å². The van der Waals surface area contributed by atoms with E-state index in [0.717, 1.165) is 41.7 Å². The Morgan fingerprint density at radius 3 is 2.72 bits per heavy atom. The first-order valence-corrected chi connectivity index (χ1v) is 6.96. The minimum Gasteiger partial charge on any atom is -0.458 e. The summed E-state index contributed by atoms with van der Waals surface area (Å²) in [6.07, 6.45) is 2.13. The van der Waals surface area contributed by atoms with E-state index in [1.165, 1.54) is 0 Å². The Labute approximate surface area is 113 Å². The van der Waals surface area contributed by atoms with Crippen molar-refractivity contribution in [2.45, 2.75) is 39.7 Å². The van der Waals surface area contributed by atoms with Gasteiger partial charge in [-0.25, -0.2) is 0 Å². The maximum Gasteiger partial charge on any atom is 0.152 e. The summed E-state index contributed by atoms with van der Waals surface area (Å²) in [5, 5.41) is 5.28. The molecule has 2 rings (SSSR count). The van der Waals surface area contributed by atoms with Gasteiger partial charge in [-0.1, -0.05) is 25.4 Å². The molecule has 0 amide bonds. The SMILES string of the molecule is CCCNC(CC)c1cc2cc(C)cc(Cl)c2o1. The molecule has 0 aliphatic carbocycles. The lowest BCUT2D eigenvalue weighted by molar-refractivity contribution is 0.421. The molecule has 0 bridgehead atoms. The van der Waals surface area contributed by atoms with Gasteiger partial charge in [0.2, 0.25) is 0 Å². The van der Waals surface area contributed by atoms with E-state index in [4.69, 9.17) is 16.0 Å². The van der Waals surface area contributed by atoms with Crippen molar-refractivity contribution in [1.82, 2.24) is 5.32 Å². The molecule has 3 heteroatoms. The summed E-state index contributed by atoms with van der Waals surface area (Å²) in [6.45, 7) is 7.37. The van der Waals surface area contributed by atoms with Crippen LogP contribution in [0.25, 0.3) is 11.0 Å². The molecule has 0 fully saturated rings. The van der Waals surface area contributed by atoms with Gasteiger partial charge in [0.1, 0.15) is 5.76 Å². The summed E-state index contributed by atoms with van der Waals surface area (Å²) in [6, 6.07) is 6.43. The summed E-state index contributed by atoms with van der Waals surface area (Å²) >= 11 is 6.21. The van der Waals surface area contributed by atoms with Crippen LogP contribution < -0.4 is 5.32 Å². The fourth-order valence-electron chi connectivity index (χ4n) is 2.21. The summed E-state index contributed by atoms with van der Waals surface area (Å²) in [5.41, 5.74) is 1.96. The Morgan fingerprint density at radius 2 is 2.06 bits per heavy atom. The van der Waals surface area contributed by atoms with Crippen molar-refractivity contribution in [2.24, 2.45) is 0 Å². The van der Waals surface area contributed by atoms with Gasteiger partial charge in [0.15, 0.2) is 5.58 Å². The highest BCUT2D eigenvalue weighted by molar-refractivity contribution is 6.34. The third-order valence-electron chi connectivity index (χ3n) is 3.13. The van der Waals surface area contributed by atoms with E-state index in [1.807, 2.05) is 13.0 Å². The molecule has 0 saturated carbocycles. The van der Waals surface area contributed by atoms with Crippen molar-refractivity contribution in [3.63, 3.8) is 0 Å². The van der Waals surface area contributed by atoms with Crippen LogP contribution in [-0.2, 0) is 0 Å². The Kier molecular flexibility index (Phi) is 4.31. The highest BCUT2D eigenvalue weighted by atomic mass is 35.5. The van der Waals surface area contributed by atoms with E-state index >= 15 is 0 Å². The second kappa shape index (κ2) is 5.77. The second-order valence-corrected chi connectivity index (χ2v) is 5.14. The molecule has 0 aliphatic rings. The molecule has 1 heterocycles. The third-order valence-corrected chi connectivity index (χ3v) is 3.41. The van der Waals surface area contributed by atoms with Crippen LogP contribution in [0, 0.1) is 6.92 Å². The van der Waals surface area contributed by atoms with Gasteiger partial charge < -0.3 is 9.73 Å². The van der Waals surface area contributed by atoms with Gasteiger partial charge in [0.25, 0.3) is 0 Å². The van der Waals surface area contributed by atoms with Gasteiger partial charge >= 0.3 is 0 Å². The van der Waals surface area contributed by atoms with Gasteiger partial charge in [0.05, 0.1) is 11.1 Å². The van der Waals surface area contributed by atoms with Crippen molar-refractivity contribution in [1.29, 1.82) is 0 Å². The third kappa shape index (κ3) is 2.70. The first-order chi connectivity index (χ1) is 8.65. The van der Waals surface area contributed by atoms with E-state index in [1.54, 1.807) is 0 Å². The molecular weight excluding hydrogens is 246 g/mol. The van der Waals surface area contributed by atoms with Crippen molar-refractivity contribution in [2.75, 3.05) is 6.54 Å². The summed E-state index contributed by atoms with van der Waals surface area (Å²) < 4.78 is 5.91. The maximum absolute atomic E-state index is 6.21. The van der Waals surface area contributed by atoms with Gasteiger partial charge in [-0.15, -0.1) is 0 Å². The lowest BCUT2D eigenvalue weighted by atomic mass is 10.1. The lowest BCUT2D eigenvalue weighted by Crippen LogP contribution is -2.20. The molecule has 1 atom stereocenters. The number of nitrogens with one attached hydrogen (secondary N) is 1. The lowest BCUT2D eigenvalue weighted by Gasteiger charge is -2.13. The Bertz CT molecular complexity index is 533. The molecule has 0 radical (unpaired) electrons. The smallest absolute Gasteiger partial charge is 0.152 e. The van der Waals surface area contributed by atoms with E-state index in [0.29, 0.717) is 5.02 Å². The van der Waals surface area contributed by atoms with Gasteiger partial charge in [-0.3, -0.25) is 0 Å². The van der Waals surface area contributed by atoms with E-state index < -0.39 is 0 Å². The molecule has 1 N–H and O–H groups in total. The Balaban J connectivity index is 2.36. The molecule has 98 valence electrons. The van der Waals surface area contributed by atoms with Crippen LogP contribution in [0.3, 0.4) is 0 Å². The molecule has 2 aromatic rings. The van der Waals surface area contributed by atoms with Crippen LogP contribution >= 0.6 is 11.6 Å². The number of halogens is 1. The first kappa shape index (κ1) is 13.4. The molecule has 1 aromatic carbocycles. The number of benzene rings is 1. The molecule has 0 saturated heterocycles. The minimum atomic E-state index is 0.272. The highest BCUT2D eigenvalue weighted by Crippen LogP contribution is 2.31. The number of aryl methyl sites for hydroxylation is 1. The number of hydrogen-bond donors (Lipinski definition) is 1. The zero-order chi connectivity index (χ0) is 13.1. The van der Waals surface area contributed by atoms with Gasteiger partial charge in [0, 0.05) is 5.39 Å². The zero-order valence-electron chi connectivity index (χ0n) is 11.2. The van der Waals surface area contributed by atoms with Crippen LogP contribution in [-0.4, -0.2) is 6.54 Å². The quantitative estimate of drug-likeness (QED) is 0.836. The molecule has 0 spiro atoms. The van der Waals surface area contributed by atoms with Crippen LogP contribution in [0.4, 0.5) is 0 Å².